The van der Waals surface area contributed by atoms with E-state index in [2.05, 4.69) is 20.5 Å². The van der Waals surface area contributed by atoms with Crippen molar-refractivity contribution in [2.75, 3.05) is 18.9 Å². The molecule has 1 unspecified atom stereocenters. The lowest BCUT2D eigenvalue weighted by Crippen LogP contribution is -2.32. The van der Waals surface area contributed by atoms with Gasteiger partial charge in [0.25, 0.3) is 0 Å². The molecule has 0 saturated carbocycles. The minimum absolute atomic E-state index is 0.0236. The van der Waals surface area contributed by atoms with Crippen molar-refractivity contribution in [2.45, 2.75) is 30.9 Å². The smallest absolute Gasteiger partial charge is 0.230 e. The van der Waals surface area contributed by atoms with Gasteiger partial charge in [-0.25, -0.2) is 4.98 Å². The van der Waals surface area contributed by atoms with Gasteiger partial charge in [-0.1, -0.05) is 42.1 Å². The number of thioether (sulfide) groups is 1. The molecule has 1 aliphatic heterocycles. The summed E-state index contributed by atoms with van der Waals surface area (Å²) >= 11 is 2.98. The van der Waals surface area contributed by atoms with Crippen molar-refractivity contribution in [1.29, 1.82) is 0 Å². The summed E-state index contributed by atoms with van der Waals surface area (Å²) in [5.74, 6) is 0.266. The predicted molar refractivity (Wildman–Crippen MR) is 108 cm³/mol. The lowest BCUT2D eigenvalue weighted by atomic mass is 10.1. The summed E-state index contributed by atoms with van der Waals surface area (Å²) in [5.41, 5.74) is 2.68. The Bertz CT molecular complexity index is 940. The third-order valence-corrected chi connectivity index (χ3v) is 6.26. The molecule has 3 heterocycles. The predicted octanol–water partition coefficient (Wildman–Crippen LogP) is 3.45. The highest BCUT2D eigenvalue weighted by molar-refractivity contribution is 8.00. The fourth-order valence-corrected chi connectivity index (χ4v) is 4.76. The normalized spacial score (nSPS) is 16.7. The zero-order chi connectivity index (χ0) is 18.6. The maximum Gasteiger partial charge on any atom is 0.230 e. The summed E-state index contributed by atoms with van der Waals surface area (Å²) in [6, 6.07) is 9.98. The van der Waals surface area contributed by atoms with Gasteiger partial charge in [0.1, 0.15) is 16.2 Å². The van der Waals surface area contributed by atoms with Gasteiger partial charge in [-0.15, -0.1) is 21.5 Å². The van der Waals surface area contributed by atoms with Crippen LogP contribution in [0.3, 0.4) is 0 Å². The van der Waals surface area contributed by atoms with E-state index in [1.54, 1.807) is 11.3 Å². The number of aromatic nitrogens is 3. The van der Waals surface area contributed by atoms with Gasteiger partial charge in [0, 0.05) is 18.7 Å². The second kappa shape index (κ2) is 8.33. The quantitative estimate of drug-likeness (QED) is 0.639. The monoisotopic (exact) mass is 400 g/mol. The third-order valence-electron chi connectivity index (χ3n) is 4.33. The number of thiazole rings is 1. The number of ether oxygens (including phenoxy) is 1. The molecule has 0 spiro atoms. The van der Waals surface area contributed by atoms with E-state index >= 15 is 0 Å². The van der Waals surface area contributed by atoms with Crippen molar-refractivity contribution in [2.24, 2.45) is 0 Å². The number of nitrogens with one attached hydrogen (secondary N) is 1. The number of nitrogens with zero attached hydrogens (tertiary/aromatic N) is 3. The van der Waals surface area contributed by atoms with E-state index in [4.69, 9.17) is 4.74 Å². The Kier molecular flexibility index (Phi) is 5.66. The van der Waals surface area contributed by atoms with Crippen molar-refractivity contribution in [3.05, 3.63) is 35.3 Å². The van der Waals surface area contributed by atoms with E-state index < -0.39 is 0 Å². The van der Waals surface area contributed by atoms with Gasteiger partial charge < -0.3 is 10.1 Å². The van der Waals surface area contributed by atoms with Crippen LogP contribution in [-0.2, 0) is 9.53 Å². The zero-order valence-corrected chi connectivity index (χ0v) is 16.6. The van der Waals surface area contributed by atoms with Gasteiger partial charge in [-0.05, 0) is 19.8 Å². The highest BCUT2D eigenvalue weighted by Crippen LogP contribution is 2.35. The van der Waals surface area contributed by atoms with Crippen LogP contribution in [-0.4, -0.2) is 46.1 Å². The number of carbonyl (C=O) groups excluding carboxylic acids is 1. The highest BCUT2D eigenvalue weighted by atomic mass is 32.2. The van der Waals surface area contributed by atoms with Crippen LogP contribution >= 0.6 is 23.1 Å². The molecule has 0 aliphatic carbocycles. The minimum Gasteiger partial charge on any atom is -0.376 e. The first-order chi connectivity index (χ1) is 13.2. The molecule has 6 nitrogen and oxygen atoms in total. The first-order valence-electron chi connectivity index (χ1n) is 8.91. The zero-order valence-electron chi connectivity index (χ0n) is 15.0. The van der Waals surface area contributed by atoms with Crippen molar-refractivity contribution in [1.82, 2.24) is 20.5 Å². The second-order valence-electron chi connectivity index (χ2n) is 6.36. The number of rotatable bonds is 6. The molecule has 1 aromatic carbocycles. The molecule has 2 aromatic heterocycles. The average molecular weight is 401 g/mol. The fourth-order valence-electron chi connectivity index (χ4n) is 3.02. The molecular formula is C19H20N4O2S2. The Hall–Kier alpha value is -2.03. The van der Waals surface area contributed by atoms with Crippen LogP contribution in [0.25, 0.3) is 21.5 Å². The van der Waals surface area contributed by atoms with Crippen molar-refractivity contribution in [3.63, 3.8) is 0 Å². The van der Waals surface area contributed by atoms with Crippen LogP contribution in [0.2, 0.25) is 0 Å². The second-order valence-corrected chi connectivity index (χ2v) is 8.53. The Morgan fingerprint density at radius 1 is 1.33 bits per heavy atom. The van der Waals surface area contributed by atoms with Gasteiger partial charge >= 0.3 is 0 Å². The Morgan fingerprint density at radius 2 is 2.19 bits per heavy atom. The first kappa shape index (κ1) is 18.3. The molecule has 1 N–H and O–H groups in total. The SMILES string of the molecule is Cc1nc2c(SCC(=O)NCC3CCCO3)nnc(-c3ccccc3)c2s1. The molecule has 27 heavy (non-hydrogen) atoms. The van der Waals surface area contributed by atoms with Crippen LogP contribution in [0.1, 0.15) is 17.8 Å². The first-order valence-corrected chi connectivity index (χ1v) is 10.7. The van der Waals surface area contributed by atoms with E-state index in [0.29, 0.717) is 11.6 Å². The number of fused-ring (bicyclic) bond motifs is 1. The summed E-state index contributed by atoms with van der Waals surface area (Å²) < 4.78 is 6.54. The van der Waals surface area contributed by atoms with Gasteiger partial charge in [-0.3, -0.25) is 4.79 Å². The molecule has 140 valence electrons. The van der Waals surface area contributed by atoms with Crippen LogP contribution in [0.15, 0.2) is 35.4 Å². The Balaban J connectivity index is 1.48. The van der Waals surface area contributed by atoms with Gasteiger partial charge in [0.2, 0.25) is 5.91 Å². The van der Waals surface area contributed by atoms with E-state index in [1.807, 2.05) is 37.3 Å². The maximum atomic E-state index is 12.1. The molecule has 1 atom stereocenters. The largest absolute Gasteiger partial charge is 0.376 e. The number of aryl methyl sites for hydroxylation is 1. The number of amides is 1. The Morgan fingerprint density at radius 3 is 2.96 bits per heavy atom. The summed E-state index contributed by atoms with van der Waals surface area (Å²) in [4.78, 5) is 16.8. The van der Waals surface area contributed by atoms with Crippen molar-refractivity contribution >= 4 is 39.2 Å². The summed E-state index contributed by atoms with van der Waals surface area (Å²) in [6.45, 7) is 3.34. The third kappa shape index (κ3) is 4.28. The molecule has 1 aliphatic rings. The highest BCUT2D eigenvalue weighted by Gasteiger charge is 2.18. The lowest BCUT2D eigenvalue weighted by Gasteiger charge is -2.10. The summed E-state index contributed by atoms with van der Waals surface area (Å²) in [6.07, 6.45) is 2.23. The minimum atomic E-state index is -0.0236. The van der Waals surface area contributed by atoms with Crippen LogP contribution in [0.4, 0.5) is 0 Å². The summed E-state index contributed by atoms with van der Waals surface area (Å²) in [5, 5.41) is 13.4. The molecule has 8 heteroatoms. The number of hydrogen-bond donors (Lipinski definition) is 1. The lowest BCUT2D eigenvalue weighted by molar-refractivity contribution is -0.119. The van der Waals surface area contributed by atoms with Crippen molar-refractivity contribution in [3.8, 4) is 11.3 Å². The molecule has 3 aromatic rings. The standard InChI is InChI=1S/C19H20N4O2S2/c1-12-21-17-18(27-12)16(13-6-3-2-4-7-13)22-23-19(17)26-11-15(24)20-10-14-8-5-9-25-14/h2-4,6-7,14H,5,8-11H2,1H3,(H,20,24). The van der Waals surface area contributed by atoms with E-state index in [9.17, 15) is 4.79 Å². The number of hydrogen-bond acceptors (Lipinski definition) is 7. The molecular weight excluding hydrogens is 380 g/mol. The van der Waals surface area contributed by atoms with Crippen LogP contribution in [0.5, 0.6) is 0 Å². The maximum absolute atomic E-state index is 12.1. The molecule has 4 rings (SSSR count). The van der Waals surface area contributed by atoms with E-state index in [0.717, 1.165) is 45.9 Å². The summed E-state index contributed by atoms with van der Waals surface area (Å²) in [7, 11) is 0. The Labute approximate surface area is 165 Å². The van der Waals surface area contributed by atoms with Gasteiger partial charge in [-0.2, -0.15) is 0 Å². The molecule has 1 fully saturated rings. The van der Waals surface area contributed by atoms with Crippen molar-refractivity contribution < 1.29 is 9.53 Å². The van der Waals surface area contributed by atoms with E-state index in [1.165, 1.54) is 11.8 Å². The molecule has 1 saturated heterocycles. The van der Waals surface area contributed by atoms with Gasteiger partial charge in [0.05, 0.1) is 21.6 Å². The van der Waals surface area contributed by atoms with Crippen LogP contribution in [0, 0.1) is 6.92 Å². The van der Waals surface area contributed by atoms with Gasteiger partial charge in [0.15, 0.2) is 0 Å². The fraction of sp³-hybridized carbons (Fsp3) is 0.368. The van der Waals surface area contributed by atoms with Crippen LogP contribution < -0.4 is 5.32 Å². The molecule has 0 bridgehead atoms. The number of carbonyl (C=O) groups is 1. The molecule has 0 radical (unpaired) electrons. The average Bonchev–Trinajstić information content (AvgIpc) is 3.34. The topological polar surface area (TPSA) is 77.0 Å². The van der Waals surface area contributed by atoms with E-state index in [-0.39, 0.29) is 17.8 Å². The number of benzene rings is 1. The molecule has 1 amide bonds.